The predicted molar refractivity (Wildman–Crippen MR) is 189 cm³/mol. The minimum atomic E-state index is -0.972. The quantitative estimate of drug-likeness (QED) is 0.0823. The fourth-order valence-electron chi connectivity index (χ4n) is 7.31. The SMILES string of the molecule is C=C1[C@@H](n2cnc3c(Cl)ncnc32)[C@@H]2O[C@H](c3ccc(OC)cc3)O[C@@H]2[C@H]1COC(c1ccccc1)(c1ccccc1)c1ccc(OC)cc1. The van der Waals surface area contributed by atoms with Crippen molar-refractivity contribution in [2.24, 2.45) is 5.92 Å². The third-order valence-corrected chi connectivity index (χ3v) is 10.1. The highest BCUT2D eigenvalue weighted by Gasteiger charge is 2.55. The molecule has 50 heavy (non-hydrogen) atoms. The monoisotopic (exact) mass is 686 g/mol. The van der Waals surface area contributed by atoms with Gasteiger partial charge in [0.15, 0.2) is 17.1 Å². The van der Waals surface area contributed by atoms with E-state index < -0.39 is 24.1 Å². The van der Waals surface area contributed by atoms with E-state index in [9.17, 15) is 0 Å². The topological polar surface area (TPSA) is 89.8 Å². The third-order valence-electron chi connectivity index (χ3n) is 9.79. The fourth-order valence-corrected chi connectivity index (χ4v) is 7.49. The van der Waals surface area contributed by atoms with E-state index >= 15 is 0 Å². The number of benzene rings is 4. The molecular weight excluding hydrogens is 652 g/mol. The average molecular weight is 687 g/mol. The molecule has 0 spiro atoms. The van der Waals surface area contributed by atoms with Gasteiger partial charge in [-0.05, 0) is 46.5 Å². The van der Waals surface area contributed by atoms with Gasteiger partial charge in [0.05, 0.1) is 39.3 Å². The van der Waals surface area contributed by atoms with E-state index in [2.05, 4.69) is 57.9 Å². The van der Waals surface area contributed by atoms with Gasteiger partial charge < -0.3 is 28.3 Å². The van der Waals surface area contributed by atoms with Gasteiger partial charge in [-0.25, -0.2) is 15.0 Å². The molecular formula is C40H35ClN4O5. The van der Waals surface area contributed by atoms with Crippen molar-refractivity contribution in [3.05, 3.63) is 161 Å². The maximum Gasteiger partial charge on any atom is 0.184 e. The van der Waals surface area contributed by atoms with Gasteiger partial charge in [0.1, 0.15) is 35.0 Å². The number of ether oxygens (including phenoxy) is 5. The largest absolute Gasteiger partial charge is 0.497 e. The first kappa shape index (κ1) is 32.2. The van der Waals surface area contributed by atoms with Crippen LogP contribution in [0.3, 0.4) is 0 Å². The van der Waals surface area contributed by atoms with Crippen molar-refractivity contribution in [3.63, 3.8) is 0 Å². The number of hydrogen-bond acceptors (Lipinski definition) is 8. The minimum absolute atomic E-state index is 0.270. The minimum Gasteiger partial charge on any atom is -0.497 e. The van der Waals surface area contributed by atoms with Gasteiger partial charge in [0, 0.05) is 11.5 Å². The van der Waals surface area contributed by atoms with Gasteiger partial charge in [-0.1, -0.05) is 103 Å². The Kier molecular flexibility index (Phi) is 8.58. The Morgan fingerprint density at radius 1 is 0.740 bits per heavy atom. The second-order valence-corrected chi connectivity index (χ2v) is 12.7. The summed E-state index contributed by atoms with van der Waals surface area (Å²) in [6.07, 6.45) is 1.73. The zero-order valence-electron chi connectivity index (χ0n) is 27.6. The van der Waals surface area contributed by atoms with Crippen LogP contribution in [0.5, 0.6) is 11.5 Å². The van der Waals surface area contributed by atoms with Crippen molar-refractivity contribution in [1.29, 1.82) is 0 Å². The molecule has 5 atom stereocenters. The summed E-state index contributed by atoms with van der Waals surface area (Å²) in [5.41, 5.74) is 4.82. The van der Waals surface area contributed by atoms with E-state index in [1.807, 2.05) is 77.4 Å². The highest BCUT2D eigenvalue weighted by Crippen LogP contribution is 2.52. The summed E-state index contributed by atoms with van der Waals surface area (Å²) in [6, 6.07) is 35.9. The number of methoxy groups -OCH3 is 2. The number of aromatic nitrogens is 4. The van der Waals surface area contributed by atoms with Crippen LogP contribution in [-0.2, 0) is 19.8 Å². The number of hydrogen-bond donors (Lipinski definition) is 0. The zero-order chi connectivity index (χ0) is 34.2. The maximum atomic E-state index is 7.34. The lowest BCUT2D eigenvalue weighted by atomic mass is 9.80. The average Bonchev–Trinajstić information content (AvgIpc) is 3.86. The van der Waals surface area contributed by atoms with Crippen LogP contribution in [0.4, 0.5) is 0 Å². The number of nitrogens with zero attached hydrogens (tertiary/aromatic N) is 4. The number of fused-ring (bicyclic) bond motifs is 2. The molecule has 1 saturated carbocycles. The molecule has 2 fully saturated rings. The smallest absolute Gasteiger partial charge is 0.184 e. The Morgan fingerprint density at radius 2 is 1.32 bits per heavy atom. The normalized spacial score (nSPS) is 21.7. The molecule has 0 bridgehead atoms. The van der Waals surface area contributed by atoms with Crippen molar-refractivity contribution in [3.8, 4) is 11.5 Å². The Hall–Kier alpha value is -5.06. The molecule has 0 radical (unpaired) electrons. The Bertz CT molecular complexity index is 2070. The first-order valence-corrected chi connectivity index (χ1v) is 16.8. The molecule has 8 rings (SSSR count). The molecule has 252 valence electrons. The van der Waals surface area contributed by atoms with Gasteiger partial charge in [0.25, 0.3) is 0 Å². The van der Waals surface area contributed by atoms with E-state index in [0.29, 0.717) is 11.2 Å². The Morgan fingerprint density at radius 3 is 1.94 bits per heavy atom. The van der Waals surface area contributed by atoms with Gasteiger partial charge in [-0.3, -0.25) is 0 Å². The highest BCUT2D eigenvalue weighted by molar-refractivity contribution is 6.33. The first-order chi connectivity index (χ1) is 24.5. The molecule has 1 aliphatic heterocycles. The molecule has 3 heterocycles. The van der Waals surface area contributed by atoms with Gasteiger partial charge in [-0.15, -0.1) is 0 Å². The second kappa shape index (κ2) is 13.3. The van der Waals surface area contributed by atoms with E-state index in [1.54, 1.807) is 20.5 Å². The molecule has 6 aromatic rings. The molecule has 0 unspecified atom stereocenters. The molecule has 1 aliphatic carbocycles. The van der Waals surface area contributed by atoms with Crippen molar-refractivity contribution in [2.45, 2.75) is 30.1 Å². The summed E-state index contributed by atoms with van der Waals surface area (Å²) < 4.78 is 33.8. The molecule has 0 N–H and O–H groups in total. The van der Waals surface area contributed by atoms with E-state index in [0.717, 1.165) is 39.3 Å². The molecule has 4 aromatic carbocycles. The van der Waals surface area contributed by atoms with E-state index in [4.69, 9.17) is 35.3 Å². The Labute approximate surface area is 295 Å². The van der Waals surface area contributed by atoms with Crippen LogP contribution < -0.4 is 9.47 Å². The third kappa shape index (κ3) is 5.43. The van der Waals surface area contributed by atoms with Crippen LogP contribution in [0.1, 0.15) is 34.6 Å². The predicted octanol–water partition coefficient (Wildman–Crippen LogP) is 7.72. The van der Waals surface area contributed by atoms with Crippen molar-refractivity contribution < 1.29 is 23.7 Å². The standard InChI is InChI=1S/C40H35ClN4O5/c1-25-32(22-48-40(27-10-6-4-7-11-27,28-12-8-5-9-13-28)29-16-20-31(47-3)21-17-29)35-36(50-39(49-35)26-14-18-30(46-2)19-15-26)34(25)45-24-44-33-37(41)42-23-43-38(33)45/h4-21,23-24,32,34-36,39H,1,22H2,2-3H3/t32-,34+,35+,36-,39+/m0/s1. The van der Waals surface area contributed by atoms with Crippen LogP contribution in [0.25, 0.3) is 11.2 Å². The van der Waals surface area contributed by atoms with E-state index in [1.165, 1.54) is 6.33 Å². The molecule has 10 heteroatoms. The summed E-state index contributed by atoms with van der Waals surface area (Å²) in [5.74, 6) is 1.24. The molecule has 2 aromatic heterocycles. The summed E-state index contributed by atoms with van der Waals surface area (Å²) in [5, 5.41) is 0.281. The molecule has 1 saturated heterocycles. The Balaban J connectivity index is 1.22. The van der Waals surface area contributed by atoms with Crippen LogP contribution in [0.2, 0.25) is 5.15 Å². The summed E-state index contributed by atoms with van der Waals surface area (Å²) in [4.78, 5) is 13.2. The maximum absolute atomic E-state index is 7.34. The highest BCUT2D eigenvalue weighted by atomic mass is 35.5. The number of rotatable bonds is 10. The molecule has 2 aliphatic rings. The number of halogens is 1. The van der Waals surface area contributed by atoms with Crippen LogP contribution in [0, 0.1) is 5.92 Å². The summed E-state index contributed by atoms with van der Waals surface area (Å²) in [7, 11) is 3.31. The number of imidazole rings is 1. The van der Waals surface area contributed by atoms with E-state index in [-0.39, 0.29) is 23.7 Å². The summed E-state index contributed by atoms with van der Waals surface area (Å²) >= 11 is 6.43. The van der Waals surface area contributed by atoms with Gasteiger partial charge in [0.2, 0.25) is 0 Å². The second-order valence-electron chi connectivity index (χ2n) is 12.4. The zero-order valence-corrected chi connectivity index (χ0v) is 28.3. The van der Waals surface area contributed by atoms with Crippen molar-refractivity contribution in [2.75, 3.05) is 20.8 Å². The summed E-state index contributed by atoms with van der Waals surface area (Å²) in [6.45, 7) is 4.92. The lowest BCUT2D eigenvalue weighted by Crippen LogP contribution is -2.37. The van der Waals surface area contributed by atoms with Gasteiger partial charge >= 0.3 is 0 Å². The molecule has 9 nitrogen and oxygen atoms in total. The fraction of sp³-hybridized carbons (Fsp3) is 0.225. The van der Waals surface area contributed by atoms with Crippen LogP contribution >= 0.6 is 11.6 Å². The van der Waals surface area contributed by atoms with Gasteiger partial charge in [-0.2, -0.15) is 0 Å². The molecule has 0 amide bonds. The lowest BCUT2D eigenvalue weighted by Gasteiger charge is -2.37. The van der Waals surface area contributed by atoms with Crippen LogP contribution in [0.15, 0.2) is 134 Å². The van der Waals surface area contributed by atoms with Crippen molar-refractivity contribution >= 4 is 22.8 Å². The lowest BCUT2D eigenvalue weighted by molar-refractivity contribution is -0.0908. The van der Waals surface area contributed by atoms with Crippen molar-refractivity contribution in [1.82, 2.24) is 19.5 Å². The van der Waals surface area contributed by atoms with Crippen LogP contribution in [-0.4, -0.2) is 52.6 Å². The first-order valence-electron chi connectivity index (χ1n) is 16.4.